The number of fused-ring (bicyclic) bond motifs is 1. The van der Waals surface area contributed by atoms with Crippen LogP contribution in [0.5, 0.6) is 0 Å². The average molecular weight is 312 g/mol. The second kappa shape index (κ2) is 5.28. The zero-order valence-electron chi connectivity index (χ0n) is 12.2. The van der Waals surface area contributed by atoms with Crippen LogP contribution in [0, 0.1) is 0 Å². The normalized spacial score (nSPS) is 20.4. The summed E-state index contributed by atoms with van der Waals surface area (Å²) in [4.78, 5) is 17.1. The summed E-state index contributed by atoms with van der Waals surface area (Å²) in [7, 11) is 0. The van der Waals surface area contributed by atoms with Gasteiger partial charge in [-0.25, -0.2) is 4.68 Å². The molecule has 1 N–H and O–H groups in total. The number of anilines is 1. The molecule has 2 aliphatic rings. The number of Topliss-reactive ketones (excluding diaryl/α,β-unsaturated/α-hetero) is 1. The molecule has 2 heterocycles. The first-order valence-electron chi connectivity index (χ1n) is 7.36. The number of hydrogen-bond acceptors (Lipinski definition) is 5. The predicted molar refractivity (Wildman–Crippen MR) is 85.9 cm³/mol. The molecule has 6 heteroatoms. The Balaban J connectivity index is 1.92. The van der Waals surface area contributed by atoms with Crippen LogP contribution in [-0.2, 0) is 4.79 Å². The van der Waals surface area contributed by atoms with Gasteiger partial charge < -0.3 is 5.32 Å². The molecule has 0 amide bonds. The molecular weight excluding hydrogens is 296 g/mol. The van der Waals surface area contributed by atoms with Crippen LogP contribution >= 0.6 is 11.8 Å². The Morgan fingerprint density at radius 3 is 2.86 bits per heavy atom. The van der Waals surface area contributed by atoms with Crippen LogP contribution in [0.1, 0.15) is 30.9 Å². The van der Waals surface area contributed by atoms with E-state index in [9.17, 15) is 4.79 Å². The molecule has 4 rings (SSSR count). The molecule has 1 atom stereocenters. The van der Waals surface area contributed by atoms with Gasteiger partial charge in [-0.15, -0.1) is 5.10 Å². The second-order valence-corrected chi connectivity index (χ2v) is 6.25. The highest BCUT2D eigenvalue weighted by atomic mass is 32.2. The fourth-order valence-electron chi connectivity index (χ4n) is 3.17. The molecule has 0 bridgehead atoms. The number of allylic oxidation sites excluding steroid dienone is 2. The molecule has 5 nitrogen and oxygen atoms in total. The number of hydrogen-bond donors (Lipinski definition) is 1. The Bertz CT molecular complexity index is 766. The number of nitrogens with zero attached hydrogens (tertiary/aromatic N) is 3. The van der Waals surface area contributed by atoms with Crippen LogP contribution in [0.25, 0.3) is 0 Å². The smallest absolute Gasteiger partial charge is 0.227 e. The summed E-state index contributed by atoms with van der Waals surface area (Å²) in [6.07, 6.45) is 4.36. The van der Waals surface area contributed by atoms with Crippen molar-refractivity contribution < 1.29 is 4.79 Å². The number of carbonyl (C=O) groups is 1. The first kappa shape index (κ1) is 13.6. The second-order valence-electron chi connectivity index (χ2n) is 5.47. The lowest BCUT2D eigenvalue weighted by Gasteiger charge is -2.32. The summed E-state index contributed by atoms with van der Waals surface area (Å²) in [5.74, 6) is 0.945. The van der Waals surface area contributed by atoms with Crippen molar-refractivity contribution in [2.45, 2.75) is 30.5 Å². The third-order valence-corrected chi connectivity index (χ3v) is 4.68. The first-order chi connectivity index (χ1) is 10.8. The fraction of sp³-hybridized carbons (Fsp3) is 0.312. The topological polar surface area (TPSA) is 59.8 Å². The minimum absolute atomic E-state index is 0.173. The van der Waals surface area contributed by atoms with Gasteiger partial charge in [0, 0.05) is 17.7 Å². The summed E-state index contributed by atoms with van der Waals surface area (Å²) in [6.45, 7) is 0. The van der Waals surface area contributed by atoms with E-state index in [2.05, 4.69) is 15.4 Å². The molecule has 112 valence electrons. The zero-order valence-corrected chi connectivity index (χ0v) is 13.1. The third kappa shape index (κ3) is 2.06. The molecule has 0 spiro atoms. The van der Waals surface area contributed by atoms with Crippen molar-refractivity contribution in [2.75, 3.05) is 11.6 Å². The van der Waals surface area contributed by atoms with Crippen molar-refractivity contribution >= 4 is 23.5 Å². The standard InChI is InChI=1S/C16H16N4OS/c1-22-16-18-15-17-11-8-5-9-12(21)13(11)14(20(15)19-16)10-6-3-2-4-7-10/h2-4,6-7,14H,5,8-9H2,1H3,(H,17,18,19)/t14-/m0/s1. The number of nitrogens with one attached hydrogen (secondary N) is 1. The zero-order chi connectivity index (χ0) is 15.1. The van der Waals surface area contributed by atoms with E-state index in [-0.39, 0.29) is 11.8 Å². The van der Waals surface area contributed by atoms with Gasteiger partial charge in [0.05, 0.1) is 0 Å². The maximum Gasteiger partial charge on any atom is 0.227 e. The number of carbonyl (C=O) groups excluding carboxylic acids is 1. The number of benzene rings is 1. The van der Waals surface area contributed by atoms with Crippen molar-refractivity contribution in [1.29, 1.82) is 0 Å². The lowest BCUT2D eigenvalue weighted by Crippen LogP contribution is -2.31. The number of thioether (sulfide) groups is 1. The van der Waals surface area contributed by atoms with Gasteiger partial charge in [0.2, 0.25) is 11.1 Å². The lowest BCUT2D eigenvalue weighted by atomic mass is 9.85. The van der Waals surface area contributed by atoms with Gasteiger partial charge in [0.1, 0.15) is 6.04 Å². The van der Waals surface area contributed by atoms with Gasteiger partial charge in [-0.1, -0.05) is 42.1 Å². The number of ketones is 1. The highest BCUT2D eigenvalue weighted by molar-refractivity contribution is 7.98. The predicted octanol–water partition coefficient (Wildman–Crippen LogP) is 3.02. The van der Waals surface area contributed by atoms with Gasteiger partial charge in [-0.2, -0.15) is 4.98 Å². The van der Waals surface area contributed by atoms with E-state index >= 15 is 0 Å². The van der Waals surface area contributed by atoms with E-state index < -0.39 is 0 Å². The largest absolute Gasteiger partial charge is 0.328 e. The SMILES string of the molecule is CSc1nc2n(n1)[C@@H](c1ccccc1)C1=C(CCCC1=O)N2. The van der Waals surface area contributed by atoms with Gasteiger partial charge >= 0.3 is 0 Å². The Hall–Kier alpha value is -2.08. The molecule has 1 aliphatic heterocycles. The van der Waals surface area contributed by atoms with Crippen LogP contribution in [0.4, 0.5) is 5.95 Å². The monoisotopic (exact) mass is 312 g/mol. The highest BCUT2D eigenvalue weighted by Crippen LogP contribution is 2.40. The summed E-state index contributed by atoms with van der Waals surface area (Å²) in [5.41, 5.74) is 2.94. The van der Waals surface area contributed by atoms with Crippen LogP contribution in [-0.4, -0.2) is 26.8 Å². The van der Waals surface area contributed by atoms with E-state index in [0.717, 1.165) is 40.8 Å². The molecule has 0 radical (unpaired) electrons. The molecule has 0 fully saturated rings. The van der Waals surface area contributed by atoms with E-state index in [1.807, 2.05) is 41.3 Å². The summed E-state index contributed by atoms with van der Waals surface area (Å²) < 4.78 is 1.85. The molecule has 2 aromatic rings. The van der Waals surface area contributed by atoms with Crippen LogP contribution in [0.2, 0.25) is 0 Å². The van der Waals surface area contributed by atoms with Gasteiger partial charge in [-0.05, 0) is 24.7 Å². The van der Waals surface area contributed by atoms with Crippen LogP contribution in [0.3, 0.4) is 0 Å². The van der Waals surface area contributed by atoms with Crippen molar-refractivity contribution in [3.63, 3.8) is 0 Å². The lowest BCUT2D eigenvalue weighted by molar-refractivity contribution is -0.116. The molecule has 0 saturated heterocycles. The Kier molecular flexibility index (Phi) is 3.26. The molecule has 22 heavy (non-hydrogen) atoms. The quantitative estimate of drug-likeness (QED) is 0.864. The number of aromatic nitrogens is 3. The van der Waals surface area contributed by atoms with E-state index in [0.29, 0.717) is 6.42 Å². The Morgan fingerprint density at radius 2 is 2.09 bits per heavy atom. The molecule has 1 aromatic carbocycles. The van der Waals surface area contributed by atoms with Gasteiger partial charge in [0.15, 0.2) is 5.78 Å². The molecular formula is C16H16N4OS. The average Bonchev–Trinajstić information content (AvgIpc) is 2.96. The molecule has 1 aliphatic carbocycles. The fourth-order valence-corrected chi connectivity index (χ4v) is 3.51. The van der Waals surface area contributed by atoms with Crippen molar-refractivity contribution in [2.24, 2.45) is 0 Å². The van der Waals surface area contributed by atoms with Crippen molar-refractivity contribution in [1.82, 2.24) is 14.8 Å². The minimum Gasteiger partial charge on any atom is -0.328 e. The summed E-state index contributed by atoms with van der Waals surface area (Å²) in [6, 6.07) is 9.90. The maximum absolute atomic E-state index is 12.5. The molecule has 0 unspecified atom stereocenters. The molecule has 0 saturated carbocycles. The Morgan fingerprint density at radius 1 is 1.27 bits per heavy atom. The van der Waals surface area contributed by atoms with Crippen molar-refractivity contribution in [3.05, 3.63) is 47.2 Å². The number of rotatable bonds is 2. The Labute approximate surface area is 132 Å². The third-order valence-electron chi connectivity index (χ3n) is 4.15. The van der Waals surface area contributed by atoms with E-state index in [1.54, 1.807) is 0 Å². The molecule has 1 aromatic heterocycles. The minimum atomic E-state index is -0.173. The van der Waals surface area contributed by atoms with Crippen molar-refractivity contribution in [3.8, 4) is 0 Å². The summed E-state index contributed by atoms with van der Waals surface area (Å²) in [5, 5.41) is 8.61. The van der Waals surface area contributed by atoms with Crippen LogP contribution in [0.15, 0.2) is 46.8 Å². The van der Waals surface area contributed by atoms with Crippen LogP contribution < -0.4 is 5.32 Å². The maximum atomic E-state index is 12.5. The van der Waals surface area contributed by atoms with E-state index in [1.165, 1.54) is 11.8 Å². The van der Waals surface area contributed by atoms with E-state index in [4.69, 9.17) is 0 Å². The highest BCUT2D eigenvalue weighted by Gasteiger charge is 2.36. The van der Waals surface area contributed by atoms with Gasteiger partial charge in [0.25, 0.3) is 0 Å². The summed E-state index contributed by atoms with van der Waals surface area (Å²) >= 11 is 1.51. The first-order valence-corrected chi connectivity index (χ1v) is 8.59. The van der Waals surface area contributed by atoms with Gasteiger partial charge in [-0.3, -0.25) is 4.79 Å².